The van der Waals surface area contributed by atoms with Crippen molar-refractivity contribution in [3.63, 3.8) is 0 Å². The quantitative estimate of drug-likeness (QED) is 0.286. The number of rotatable bonds is 1. The van der Waals surface area contributed by atoms with Gasteiger partial charge in [-0.05, 0) is 13.3 Å². The average molecular weight is 525 g/mol. The number of benzene rings is 3. The van der Waals surface area contributed by atoms with Crippen molar-refractivity contribution < 1.29 is 49.0 Å². The maximum Gasteiger partial charge on any atom is -0.0253 e. The Morgan fingerprint density at radius 3 is 2.03 bits per heavy atom. The molecule has 31 heavy (non-hydrogen) atoms. The van der Waals surface area contributed by atoms with Gasteiger partial charge in [-0.15, -0.1) is 5.56 Å². The minimum absolute atomic E-state index is 0. The van der Waals surface area contributed by atoms with Crippen molar-refractivity contribution in [2.24, 2.45) is 0 Å². The number of aryl methyl sites for hydroxylation is 2. The molecule has 4 aromatic rings. The van der Waals surface area contributed by atoms with Crippen molar-refractivity contribution >= 4 is 3.21 Å². The van der Waals surface area contributed by atoms with E-state index in [0.29, 0.717) is 0 Å². The van der Waals surface area contributed by atoms with Gasteiger partial charge in [0.15, 0.2) is 0 Å². The van der Waals surface area contributed by atoms with Crippen molar-refractivity contribution in [3.8, 4) is 11.1 Å². The van der Waals surface area contributed by atoms with Crippen LogP contribution in [0.25, 0.3) is 11.1 Å². The molecule has 0 aliphatic heterocycles. The summed E-state index contributed by atoms with van der Waals surface area (Å²) in [6.07, 6.45) is 1.05. The Bertz CT molecular complexity index is 1000. The van der Waals surface area contributed by atoms with Gasteiger partial charge in [-0.1, -0.05) is 41.8 Å². The molecule has 0 N–H and O–H groups in total. The van der Waals surface area contributed by atoms with Gasteiger partial charge in [0.05, 0.1) is 0 Å². The third-order valence-electron chi connectivity index (χ3n) is 4.86. The number of hydrogen-bond acceptors (Lipinski definition) is 0. The van der Waals surface area contributed by atoms with Gasteiger partial charge in [0.25, 0.3) is 0 Å². The molecule has 0 nitrogen and oxygen atoms in total. The zero-order valence-corrected chi connectivity index (χ0v) is 22.1. The molecular formula is C28H26Cl2Zr-2. The Balaban J connectivity index is 0.000000258. The van der Waals surface area contributed by atoms with E-state index >= 15 is 0 Å². The van der Waals surface area contributed by atoms with Gasteiger partial charge < -0.3 is 24.8 Å². The van der Waals surface area contributed by atoms with Crippen LogP contribution >= 0.6 is 0 Å². The summed E-state index contributed by atoms with van der Waals surface area (Å²) in [5.41, 5.74) is 9.58. The Hall–Kier alpha value is -1.66. The second-order valence-corrected chi connectivity index (χ2v) is 9.20. The molecule has 158 valence electrons. The Labute approximate surface area is 214 Å². The van der Waals surface area contributed by atoms with E-state index in [1.165, 1.54) is 66.4 Å². The Morgan fingerprint density at radius 1 is 0.839 bits per heavy atom. The van der Waals surface area contributed by atoms with E-state index in [1.54, 1.807) is 0 Å². The van der Waals surface area contributed by atoms with Crippen LogP contribution in [0.15, 0.2) is 91.0 Å². The molecule has 0 saturated heterocycles. The molecule has 0 amide bonds. The Kier molecular flexibility index (Phi) is 12.1. The van der Waals surface area contributed by atoms with E-state index in [2.05, 4.69) is 81.4 Å². The number of hydrogen-bond donors (Lipinski definition) is 0. The van der Waals surface area contributed by atoms with Crippen LogP contribution in [0.1, 0.15) is 34.7 Å². The monoisotopic (exact) mass is 522 g/mol. The van der Waals surface area contributed by atoms with Crippen LogP contribution in [-0.4, -0.2) is 3.21 Å². The van der Waals surface area contributed by atoms with Crippen molar-refractivity contribution in [2.75, 3.05) is 0 Å². The van der Waals surface area contributed by atoms with Crippen molar-refractivity contribution in [1.29, 1.82) is 0 Å². The normalized spacial score (nSPS) is 9.97. The molecule has 0 atom stereocenters. The molecule has 1 aliphatic carbocycles. The van der Waals surface area contributed by atoms with Gasteiger partial charge >= 0.3 is 70.3 Å². The maximum absolute atomic E-state index is 3.38. The molecule has 1 aliphatic rings. The summed E-state index contributed by atoms with van der Waals surface area (Å²) < 4.78 is 1.46. The molecule has 0 fully saturated rings. The molecule has 0 saturated carbocycles. The van der Waals surface area contributed by atoms with Gasteiger partial charge in [-0.3, -0.25) is 0 Å². The maximum atomic E-state index is 3.38. The van der Waals surface area contributed by atoms with E-state index < -0.39 is 0 Å². The van der Waals surface area contributed by atoms with Crippen molar-refractivity contribution in [2.45, 2.75) is 27.2 Å². The average Bonchev–Trinajstić information content (AvgIpc) is 3.41. The van der Waals surface area contributed by atoms with E-state index in [9.17, 15) is 0 Å². The summed E-state index contributed by atoms with van der Waals surface area (Å²) in [7, 11) is 0. The minimum atomic E-state index is 0. The predicted molar refractivity (Wildman–Crippen MR) is 121 cm³/mol. The second kappa shape index (κ2) is 13.7. The van der Waals surface area contributed by atoms with Crippen LogP contribution in [-0.2, 0) is 30.7 Å². The van der Waals surface area contributed by atoms with E-state index in [1.807, 2.05) is 36.4 Å². The second-order valence-electron chi connectivity index (χ2n) is 7.36. The van der Waals surface area contributed by atoms with E-state index in [4.69, 9.17) is 0 Å². The first kappa shape index (κ1) is 27.4. The van der Waals surface area contributed by atoms with E-state index in [-0.39, 0.29) is 24.8 Å². The van der Waals surface area contributed by atoms with Gasteiger partial charge in [-0.25, -0.2) is 12.1 Å². The fraction of sp³-hybridized carbons (Fsp3) is 0.143. The molecule has 4 aromatic carbocycles. The summed E-state index contributed by atoms with van der Waals surface area (Å²) in [5, 5.41) is 0. The summed E-state index contributed by atoms with van der Waals surface area (Å²) in [6, 6.07) is 34.9. The summed E-state index contributed by atoms with van der Waals surface area (Å²) in [6.45, 7) is 6.44. The summed E-state index contributed by atoms with van der Waals surface area (Å²) in [5.74, 6) is 0. The van der Waals surface area contributed by atoms with Gasteiger partial charge in [0, 0.05) is 0 Å². The molecule has 0 heterocycles. The summed E-state index contributed by atoms with van der Waals surface area (Å²) in [4.78, 5) is 0. The molecule has 0 unspecified atom stereocenters. The van der Waals surface area contributed by atoms with E-state index in [0.717, 1.165) is 6.42 Å². The predicted octanol–water partition coefficient (Wildman–Crippen LogP) is 0.862. The van der Waals surface area contributed by atoms with Crippen LogP contribution in [0.2, 0.25) is 0 Å². The molecule has 0 aromatic heterocycles. The molecule has 0 spiro atoms. The van der Waals surface area contributed by atoms with Gasteiger partial charge in [-0.2, -0.15) is 47.5 Å². The first-order valence-corrected chi connectivity index (χ1v) is 11.2. The number of fused-ring (bicyclic) bond motifs is 3. The Morgan fingerprint density at radius 2 is 1.48 bits per heavy atom. The first-order chi connectivity index (χ1) is 14.0. The van der Waals surface area contributed by atoms with Crippen molar-refractivity contribution in [1.82, 2.24) is 0 Å². The van der Waals surface area contributed by atoms with Crippen LogP contribution < -0.4 is 24.8 Å². The third kappa shape index (κ3) is 8.08. The molecule has 0 bridgehead atoms. The first-order valence-electron chi connectivity index (χ1n) is 9.93. The molecule has 0 radical (unpaired) electrons. The van der Waals surface area contributed by atoms with Crippen molar-refractivity contribution in [3.05, 3.63) is 125 Å². The SMILES string of the molecule is C[C](=[Zr+2])c1ccccc1.Cc1c[c-]c2c(c1)-c1cc(C)ccc1C2.[Cl-].[Cl-].c1cc[cH-]c1. The summed E-state index contributed by atoms with van der Waals surface area (Å²) >= 11 is 1.51. The smallest absolute Gasteiger partial charge is 0.0253 e. The van der Waals surface area contributed by atoms with Gasteiger partial charge in [0.2, 0.25) is 0 Å². The van der Waals surface area contributed by atoms with Gasteiger partial charge in [0.1, 0.15) is 0 Å². The largest absolute Gasteiger partial charge is 1.00 e. The van der Waals surface area contributed by atoms with Crippen LogP contribution in [0.5, 0.6) is 0 Å². The molecule has 5 rings (SSSR count). The molecular weight excluding hydrogens is 498 g/mol. The fourth-order valence-electron chi connectivity index (χ4n) is 3.32. The van der Waals surface area contributed by atoms with Crippen LogP contribution in [0, 0.1) is 19.9 Å². The standard InChI is InChI=1S/C15H13.C8H8.C5H5.2ClH.Zr/c1-10-3-5-12-9-13-6-4-11(2)8-15(13)14(12)7-10;1-2-8-6-4-3-5-7-8;1-2-4-5-3-1;;;/h3-5,7-8H,9H2,1-2H3;3-7H,1H3;1-5H;2*1H;/q-1;;-1;;;+2/p-2. The fourth-order valence-corrected chi connectivity index (χ4v) is 3.73. The zero-order valence-electron chi connectivity index (χ0n) is 18.1. The molecule has 3 heteroatoms. The van der Waals surface area contributed by atoms with Crippen LogP contribution in [0.4, 0.5) is 0 Å². The topological polar surface area (TPSA) is 0 Å². The zero-order chi connectivity index (χ0) is 20.6. The third-order valence-corrected chi connectivity index (χ3v) is 5.57. The minimum Gasteiger partial charge on any atom is -1.00 e. The van der Waals surface area contributed by atoms with Crippen LogP contribution in [0.3, 0.4) is 0 Å². The number of halogens is 2.